The van der Waals surface area contributed by atoms with Gasteiger partial charge in [-0.15, -0.1) is 0 Å². The summed E-state index contributed by atoms with van der Waals surface area (Å²) in [5, 5.41) is 5.95. The van der Waals surface area contributed by atoms with Gasteiger partial charge in [-0.25, -0.2) is 9.18 Å². The van der Waals surface area contributed by atoms with Crippen molar-refractivity contribution >= 4 is 11.8 Å². The highest BCUT2D eigenvalue weighted by atomic mass is 19.1. The zero-order chi connectivity index (χ0) is 15.4. The number of halogens is 1. The second-order valence-corrected chi connectivity index (χ2v) is 5.28. The molecule has 0 radical (unpaired) electrons. The van der Waals surface area contributed by atoms with Gasteiger partial charge in [0.2, 0.25) is 0 Å². The molecule has 1 saturated heterocycles. The van der Waals surface area contributed by atoms with E-state index in [1.165, 1.54) is 13.2 Å². The molecule has 5 nitrogen and oxygen atoms in total. The molecule has 1 aromatic rings. The van der Waals surface area contributed by atoms with Crippen molar-refractivity contribution in [3.8, 4) is 0 Å². The van der Waals surface area contributed by atoms with Gasteiger partial charge < -0.3 is 20.3 Å². The second-order valence-electron chi connectivity index (χ2n) is 5.28. The van der Waals surface area contributed by atoms with Crippen molar-refractivity contribution in [2.24, 2.45) is 0 Å². The summed E-state index contributed by atoms with van der Waals surface area (Å²) in [5.74, 6) is -0.237. The molecule has 2 rings (SSSR count). The van der Waals surface area contributed by atoms with E-state index in [0.717, 1.165) is 24.2 Å². The van der Waals surface area contributed by atoms with Gasteiger partial charge in [-0.3, -0.25) is 0 Å². The van der Waals surface area contributed by atoms with Crippen LogP contribution in [0.15, 0.2) is 18.2 Å². The Morgan fingerprint density at radius 1 is 1.52 bits per heavy atom. The number of benzene rings is 1. The minimum Gasteiger partial charge on any atom is -0.453 e. The molecule has 1 heterocycles. The molecule has 0 bridgehead atoms. The summed E-state index contributed by atoms with van der Waals surface area (Å²) in [4.78, 5) is 13.4. The Morgan fingerprint density at radius 2 is 2.29 bits per heavy atom. The number of nitrogens with zero attached hydrogens (tertiary/aromatic N) is 1. The number of carbonyl (C=O) groups is 1. The number of nitrogens with one attached hydrogen (secondary N) is 2. The monoisotopic (exact) mass is 295 g/mol. The maximum Gasteiger partial charge on any atom is 0.407 e. The van der Waals surface area contributed by atoms with Crippen LogP contribution in [0.2, 0.25) is 0 Å². The first-order valence-corrected chi connectivity index (χ1v) is 7.11. The van der Waals surface area contributed by atoms with Gasteiger partial charge in [0.15, 0.2) is 0 Å². The molecule has 1 aromatic carbocycles. The first kappa shape index (κ1) is 15.6. The van der Waals surface area contributed by atoms with E-state index in [2.05, 4.69) is 20.3 Å². The predicted octanol–water partition coefficient (Wildman–Crippen LogP) is 2.04. The second kappa shape index (κ2) is 6.76. The van der Waals surface area contributed by atoms with E-state index in [4.69, 9.17) is 0 Å². The minimum absolute atomic E-state index is 0.0558. The third-order valence-corrected chi connectivity index (χ3v) is 3.93. The lowest BCUT2D eigenvalue weighted by atomic mass is 10.1. The van der Waals surface area contributed by atoms with Gasteiger partial charge in [-0.1, -0.05) is 0 Å². The molecule has 0 spiro atoms. The van der Waals surface area contributed by atoms with Gasteiger partial charge in [-0.05, 0) is 44.2 Å². The summed E-state index contributed by atoms with van der Waals surface area (Å²) in [6.07, 6.45) is 0.435. The molecule has 1 aliphatic rings. The van der Waals surface area contributed by atoms with Gasteiger partial charge in [0.25, 0.3) is 0 Å². The average Bonchev–Trinajstić information content (AvgIpc) is 2.94. The third-order valence-electron chi connectivity index (χ3n) is 3.93. The van der Waals surface area contributed by atoms with E-state index in [0.29, 0.717) is 6.54 Å². The van der Waals surface area contributed by atoms with Crippen LogP contribution >= 0.6 is 0 Å². The van der Waals surface area contributed by atoms with Gasteiger partial charge >= 0.3 is 6.09 Å². The quantitative estimate of drug-likeness (QED) is 0.892. The summed E-state index contributed by atoms with van der Waals surface area (Å²) < 4.78 is 18.1. The molecule has 1 fully saturated rings. The molecule has 21 heavy (non-hydrogen) atoms. The first-order chi connectivity index (χ1) is 10.0. The molecule has 2 unspecified atom stereocenters. The van der Waals surface area contributed by atoms with Crippen LogP contribution in [0, 0.1) is 5.82 Å². The van der Waals surface area contributed by atoms with Crippen molar-refractivity contribution in [2.45, 2.75) is 25.4 Å². The van der Waals surface area contributed by atoms with Crippen LogP contribution in [0.4, 0.5) is 14.9 Å². The summed E-state index contributed by atoms with van der Waals surface area (Å²) in [6, 6.07) is 4.96. The Bertz CT molecular complexity index is 510. The van der Waals surface area contributed by atoms with Crippen molar-refractivity contribution in [2.75, 3.05) is 32.1 Å². The summed E-state index contributed by atoms with van der Waals surface area (Å²) in [7, 11) is 3.21. The Balaban J connectivity index is 2.14. The lowest BCUT2D eigenvalue weighted by Gasteiger charge is -2.25. The average molecular weight is 295 g/mol. The summed E-state index contributed by atoms with van der Waals surface area (Å²) in [6.45, 7) is 3.52. The van der Waals surface area contributed by atoms with Gasteiger partial charge in [-0.2, -0.15) is 0 Å². The topological polar surface area (TPSA) is 53.6 Å². The van der Waals surface area contributed by atoms with Crippen molar-refractivity contribution in [1.82, 2.24) is 10.6 Å². The normalized spacial score (nSPS) is 19.4. The molecular weight excluding hydrogens is 273 g/mol. The SMILES string of the molecule is CNC(C)c1cc(F)ccc1N1CCC(NC(=O)OC)C1. The lowest BCUT2D eigenvalue weighted by molar-refractivity contribution is 0.167. The van der Waals surface area contributed by atoms with Crippen molar-refractivity contribution in [3.05, 3.63) is 29.6 Å². The maximum absolute atomic E-state index is 13.5. The maximum atomic E-state index is 13.5. The number of alkyl carbamates (subject to hydrolysis) is 1. The van der Waals surface area contributed by atoms with Crippen LogP contribution < -0.4 is 15.5 Å². The van der Waals surface area contributed by atoms with Crippen LogP contribution in [-0.2, 0) is 4.74 Å². The Morgan fingerprint density at radius 3 is 2.95 bits per heavy atom. The number of rotatable bonds is 4. The fraction of sp³-hybridized carbons (Fsp3) is 0.533. The third kappa shape index (κ3) is 3.64. The van der Waals surface area contributed by atoms with Crippen molar-refractivity contribution in [3.63, 3.8) is 0 Å². The lowest BCUT2D eigenvalue weighted by Crippen LogP contribution is -2.37. The van der Waals surface area contributed by atoms with Gasteiger partial charge in [0.1, 0.15) is 5.82 Å². The number of hydrogen-bond acceptors (Lipinski definition) is 4. The highest BCUT2D eigenvalue weighted by molar-refractivity contribution is 5.67. The highest BCUT2D eigenvalue weighted by Gasteiger charge is 2.26. The van der Waals surface area contributed by atoms with Crippen LogP contribution in [-0.4, -0.2) is 39.4 Å². The zero-order valence-electron chi connectivity index (χ0n) is 12.6. The fourth-order valence-electron chi connectivity index (χ4n) is 2.64. The van der Waals surface area contributed by atoms with Crippen LogP contribution in [0.25, 0.3) is 0 Å². The smallest absolute Gasteiger partial charge is 0.407 e. The van der Waals surface area contributed by atoms with Crippen molar-refractivity contribution < 1.29 is 13.9 Å². The number of hydrogen-bond donors (Lipinski definition) is 2. The molecule has 2 atom stereocenters. The number of methoxy groups -OCH3 is 1. The zero-order valence-corrected chi connectivity index (χ0v) is 12.6. The van der Waals surface area contributed by atoms with Gasteiger partial charge in [0.05, 0.1) is 13.2 Å². The molecule has 1 amide bonds. The van der Waals surface area contributed by atoms with Crippen molar-refractivity contribution in [1.29, 1.82) is 0 Å². The van der Waals surface area contributed by atoms with E-state index in [9.17, 15) is 9.18 Å². The van der Waals surface area contributed by atoms with Gasteiger partial charge in [0, 0.05) is 24.8 Å². The number of carbonyl (C=O) groups excluding carboxylic acids is 1. The number of ether oxygens (including phenoxy) is 1. The van der Waals surface area contributed by atoms with Crippen LogP contribution in [0.5, 0.6) is 0 Å². The summed E-state index contributed by atoms with van der Waals surface area (Å²) in [5.41, 5.74) is 1.93. The molecule has 2 N–H and O–H groups in total. The largest absolute Gasteiger partial charge is 0.453 e. The minimum atomic E-state index is -0.412. The first-order valence-electron chi connectivity index (χ1n) is 7.11. The van der Waals surface area contributed by atoms with E-state index >= 15 is 0 Å². The number of anilines is 1. The Hall–Kier alpha value is -1.82. The molecular formula is C15H22FN3O2. The molecule has 0 aromatic heterocycles. The fourth-order valence-corrected chi connectivity index (χ4v) is 2.64. The Kier molecular flexibility index (Phi) is 5.01. The van der Waals surface area contributed by atoms with Crippen LogP contribution in [0.1, 0.15) is 24.9 Å². The standard InChI is InChI=1S/C15H22FN3O2/c1-10(17-2)13-8-11(16)4-5-14(13)19-7-6-12(9-19)18-15(20)21-3/h4-5,8,10,12,17H,6-7,9H2,1-3H3,(H,18,20). The number of amides is 1. The van der Waals surface area contributed by atoms with E-state index in [-0.39, 0.29) is 17.9 Å². The van der Waals surface area contributed by atoms with E-state index in [1.807, 2.05) is 14.0 Å². The van der Waals surface area contributed by atoms with Crippen LogP contribution in [0.3, 0.4) is 0 Å². The van der Waals surface area contributed by atoms with E-state index in [1.54, 1.807) is 12.1 Å². The molecule has 1 aliphatic heterocycles. The molecule has 0 saturated carbocycles. The molecule has 0 aliphatic carbocycles. The highest BCUT2D eigenvalue weighted by Crippen LogP contribution is 2.29. The Labute approximate surface area is 124 Å². The predicted molar refractivity (Wildman–Crippen MR) is 80.0 cm³/mol. The molecule has 6 heteroatoms. The summed E-state index contributed by atoms with van der Waals surface area (Å²) >= 11 is 0. The molecule has 116 valence electrons. The van der Waals surface area contributed by atoms with E-state index < -0.39 is 6.09 Å².